The molecule has 0 bridgehead atoms. The second-order valence-electron chi connectivity index (χ2n) is 4.13. The second kappa shape index (κ2) is 7.18. The number of thioether (sulfide) groups is 1. The topological polar surface area (TPSA) is 0 Å². The molecule has 0 aliphatic heterocycles. The van der Waals surface area contributed by atoms with Crippen molar-refractivity contribution in [1.82, 2.24) is 0 Å². The van der Waals surface area contributed by atoms with Gasteiger partial charge in [-0.2, -0.15) is 11.8 Å². The molecular formula is C16H18S. The lowest BCUT2D eigenvalue weighted by Gasteiger charge is -2.02. The van der Waals surface area contributed by atoms with E-state index in [9.17, 15) is 0 Å². The quantitative estimate of drug-likeness (QED) is 0.669. The number of benzene rings is 2. The maximum Gasteiger partial charge on any atom is 0.0184 e. The zero-order valence-corrected chi connectivity index (χ0v) is 10.8. The fourth-order valence-electron chi connectivity index (χ4n) is 1.79. The molecule has 0 fully saturated rings. The molecule has 17 heavy (non-hydrogen) atoms. The molecule has 0 aliphatic rings. The van der Waals surface area contributed by atoms with Crippen LogP contribution in [0.1, 0.15) is 17.5 Å². The monoisotopic (exact) mass is 242 g/mol. The highest BCUT2D eigenvalue weighted by Gasteiger charge is 1.94. The molecule has 0 saturated carbocycles. The third-order valence-electron chi connectivity index (χ3n) is 2.71. The van der Waals surface area contributed by atoms with Gasteiger partial charge in [-0.05, 0) is 29.7 Å². The van der Waals surface area contributed by atoms with Crippen LogP contribution in [0.4, 0.5) is 0 Å². The SMILES string of the molecule is c1ccc(CCCSCc2ccccc2)cc1. The smallest absolute Gasteiger partial charge is 0.0184 e. The average molecular weight is 242 g/mol. The molecule has 1 heteroatoms. The minimum absolute atomic E-state index is 1.13. The zero-order chi connectivity index (χ0) is 11.8. The highest BCUT2D eigenvalue weighted by atomic mass is 32.2. The lowest BCUT2D eigenvalue weighted by Crippen LogP contribution is -1.88. The molecule has 0 radical (unpaired) electrons. The van der Waals surface area contributed by atoms with Crippen molar-refractivity contribution in [2.45, 2.75) is 18.6 Å². The van der Waals surface area contributed by atoms with Gasteiger partial charge in [0.15, 0.2) is 0 Å². The Balaban J connectivity index is 1.61. The van der Waals surface area contributed by atoms with E-state index in [2.05, 4.69) is 60.7 Å². The van der Waals surface area contributed by atoms with Crippen LogP contribution in [0.5, 0.6) is 0 Å². The van der Waals surface area contributed by atoms with Gasteiger partial charge in [0.25, 0.3) is 0 Å². The summed E-state index contributed by atoms with van der Waals surface area (Å²) in [6.07, 6.45) is 2.46. The Morgan fingerprint density at radius 1 is 0.706 bits per heavy atom. The molecule has 88 valence electrons. The van der Waals surface area contributed by atoms with E-state index in [1.54, 1.807) is 0 Å². The normalized spacial score (nSPS) is 10.4. The van der Waals surface area contributed by atoms with Gasteiger partial charge in [-0.3, -0.25) is 0 Å². The summed E-state index contributed by atoms with van der Waals surface area (Å²) < 4.78 is 0. The van der Waals surface area contributed by atoms with Crippen molar-refractivity contribution >= 4 is 11.8 Å². The van der Waals surface area contributed by atoms with Crippen LogP contribution in [0.2, 0.25) is 0 Å². The van der Waals surface area contributed by atoms with E-state index in [1.165, 1.54) is 29.7 Å². The predicted molar refractivity (Wildman–Crippen MR) is 77.4 cm³/mol. The van der Waals surface area contributed by atoms with Crippen LogP contribution in [0.3, 0.4) is 0 Å². The molecule has 0 nitrogen and oxygen atoms in total. The van der Waals surface area contributed by atoms with E-state index in [1.807, 2.05) is 11.8 Å². The first-order chi connectivity index (χ1) is 8.45. The summed E-state index contributed by atoms with van der Waals surface area (Å²) in [7, 11) is 0. The fraction of sp³-hybridized carbons (Fsp3) is 0.250. The Kier molecular flexibility index (Phi) is 5.18. The molecule has 0 heterocycles. The van der Waals surface area contributed by atoms with Crippen molar-refractivity contribution in [2.75, 3.05) is 5.75 Å². The number of hydrogen-bond acceptors (Lipinski definition) is 1. The van der Waals surface area contributed by atoms with Crippen molar-refractivity contribution in [2.24, 2.45) is 0 Å². The van der Waals surface area contributed by atoms with Crippen LogP contribution < -0.4 is 0 Å². The molecule has 0 amide bonds. The third-order valence-corrected chi connectivity index (χ3v) is 3.82. The van der Waals surface area contributed by atoms with Crippen molar-refractivity contribution in [3.63, 3.8) is 0 Å². The molecule has 0 aromatic heterocycles. The van der Waals surface area contributed by atoms with E-state index in [0.29, 0.717) is 0 Å². The number of aryl methyl sites for hydroxylation is 1. The molecule has 0 aliphatic carbocycles. The molecule has 0 spiro atoms. The first-order valence-electron chi connectivity index (χ1n) is 6.11. The fourth-order valence-corrected chi connectivity index (χ4v) is 2.71. The second-order valence-corrected chi connectivity index (χ2v) is 5.23. The minimum atomic E-state index is 1.13. The third kappa shape index (κ3) is 4.66. The van der Waals surface area contributed by atoms with Gasteiger partial charge in [0.1, 0.15) is 0 Å². The maximum absolute atomic E-state index is 2.21. The molecule has 2 aromatic rings. The number of hydrogen-bond donors (Lipinski definition) is 0. The van der Waals surface area contributed by atoms with Crippen LogP contribution in [-0.2, 0) is 12.2 Å². The van der Waals surface area contributed by atoms with Crippen molar-refractivity contribution in [3.05, 3.63) is 71.8 Å². The van der Waals surface area contributed by atoms with Crippen molar-refractivity contribution < 1.29 is 0 Å². The largest absolute Gasteiger partial charge is 0.157 e. The Morgan fingerprint density at radius 3 is 1.94 bits per heavy atom. The number of rotatable bonds is 6. The lowest BCUT2D eigenvalue weighted by atomic mass is 10.1. The zero-order valence-electron chi connectivity index (χ0n) is 10.0. The maximum atomic E-state index is 2.21. The highest BCUT2D eigenvalue weighted by Crippen LogP contribution is 2.14. The Morgan fingerprint density at radius 2 is 1.29 bits per heavy atom. The van der Waals surface area contributed by atoms with Gasteiger partial charge < -0.3 is 0 Å². The van der Waals surface area contributed by atoms with Crippen molar-refractivity contribution in [3.8, 4) is 0 Å². The molecule has 2 rings (SSSR count). The summed E-state index contributed by atoms with van der Waals surface area (Å²) >= 11 is 2.03. The summed E-state index contributed by atoms with van der Waals surface area (Å²) in [6.45, 7) is 0. The molecule has 0 unspecified atom stereocenters. The minimum Gasteiger partial charge on any atom is -0.157 e. The molecule has 2 aromatic carbocycles. The van der Waals surface area contributed by atoms with Crippen LogP contribution >= 0.6 is 11.8 Å². The lowest BCUT2D eigenvalue weighted by molar-refractivity contribution is 0.933. The van der Waals surface area contributed by atoms with Gasteiger partial charge in [0, 0.05) is 5.75 Å². The molecule has 0 N–H and O–H groups in total. The highest BCUT2D eigenvalue weighted by molar-refractivity contribution is 7.98. The molecule has 0 saturated heterocycles. The van der Waals surface area contributed by atoms with Gasteiger partial charge in [0.2, 0.25) is 0 Å². The summed E-state index contributed by atoms with van der Waals surface area (Å²) in [5.41, 5.74) is 2.88. The van der Waals surface area contributed by atoms with Gasteiger partial charge in [-0.15, -0.1) is 0 Å². The molecule has 0 atom stereocenters. The van der Waals surface area contributed by atoms with E-state index in [0.717, 1.165) is 5.75 Å². The molecular weight excluding hydrogens is 224 g/mol. The first kappa shape index (κ1) is 12.3. The Labute approximate surface area is 108 Å². The Hall–Kier alpha value is -1.21. The first-order valence-corrected chi connectivity index (χ1v) is 7.26. The van der Waals surface area contributed by atoms with Crippen LogP contribution in [0, 0.1) is 0 Å². The summed E-state index contributed by atoms with van der Waals surface area (Å²) in [5.74, 6) is 2.37. The van der Waals surface area contributed by atoms with Gasteiger partial charge in [-0.25, -0.2) is 0 Å². The van der Waals surface area contributed by atoms with E-state index >= 15 is 0 Å². The summed E-state index contributed by atoms with van der Waals surface area (Å²) in [4.78, 5) is 0. The van der Waals surface area contributed by atoms with E-state index in [-0.39, 0.29) is 0 Å². The summed E-state index contributed by atoms with van der Waals surface area (Å²) in [5, 5.41) is 0. The predicted octanol–water partition coefficient (Wildman–Crippen LogP) is 4.55. The van der Waals surface area contributed by atoms with Crippen LogP contribution in [0.25, 0.3) is 0 Å². The van der Waals surface area contributed by atoms with E-state index < -0.39 is 0 Å². The summed E-state index contributed by atoms with van der Waals surface area (Å²) in [6, 6.07) is 21.4. The van der Waals surface area contributed by atoms with E-state index in [4.69, 9.17) is 0 Å². The standard InChI is InChI=1S/C16H18S/c1-3-8-15(9-4-1)12-7-13-17-14-16-10-5-2-6-11-16/h1-6,8-11H,7,12-14H2. The average Bonchev–Trinajstić information content (AvgIpc) is 2.41. The van der Waals surface area contributed by atoms with Gasteiger partial charge in [0.05, 0.1) is 0 Å². The van der Waals surface area contributed by atoms with Gasteiger partial charge >= 0.3 is 0 Å². The van der Waals surface area contributed by atoms with Gasteiger partial charge in [-0.1, -0.05) is 60.7 Å². The van der Waals surface area contributed by atoms with Crippen molar-refractivity contribution in [1.29, 1.82) is 0 Å². The van der Waals surface area contributed by atoms with Crippen LogP contribution in [-0.4, -0.2) is 5.75 Å². The Bertz CT molecular complexity index is 367. The van der Waals surface area contributed by atoms with Crippen LogP contribution in [0.15, 0.2) is 60.7 Å².